The van der Waals surface area contributed by atoms with Gasteiger partial charge in [-0.1, -0.05) is 54.6 Å². The highest BCUT2D eigenvalue weighted by molar-refractivity contribution is 5.88. The van der Waals surface area contributed by atoms with Crippen LogP contribution in [0.5, 0.6) is 11.5 Å². The number of carbonyl (C=O) groups excluding carboxylic acids is 2. The lowest BCUT2D eigenvalue weighted by atomic mass is 10.0. The van der Waals surface area contributed by atoms with E-state index < -0.39 is 0 Å². The third-order valence-electron chi connectivity index (χ3n) is 5.61. The van der Waals surface area contributed by atoms with Gasteiger partial charge in [0.15, 0.2) is 11.5 Å². The van der Waals surface area contributed by atoms with Gasteiger partial charge in [0.2, 0.25) is 11.8 Å². The Morgan fingerprint density at radius 3 is 2.29 bits per heavy atom. The van der Waals surface area contributed by atoms with Crippen molar-refractivity contribution in [1.29, 1.82) is 0 Å². The molecule has 0 aliphatic rings. The van der Waals surface area contributed by atoms with Gasteiger partial charge in [-0.25, -0.2) is 0 Å². The number of benzene rings is 3. The number of hydrogen-bond acceptors (Lipinski definition) is 4. The minimum atomic E-state index is -0.170. The number of ether oxygens (including phenoxy) is 2. The molecule has 2 amide bonds. The Morgan fingerprint density at radius 2 is 1.60 bits per heavy atom. The van der Waals surface area contributed by atoms with Crippen LogP contribution in [0.2, 0.25) is 0 Å². The van der Waals surface area contributed by atoms with Crippen LogP contribution in [0.1, 0.15) is 50.8 Å². The molecule has 3 aromatic rings. The van der Waals surface area contributed by atoms with E-state index in [9.17, 15) is 9.59 Å². The number of para-hydroxylation sites is 2. The maximum atomic E-state index is 13.4. The molecule has 1 N–H and O–H groups in total. The smallest absolute Gasteiger partial charge is 0.223 e. The van der Waals surface area contributed by atoms with Gasteiger partial charge in [-0.05, 0) is 55.7 Å². The van der Waals surface area contributed by atoms with Crippen molar-refractivity contribution in [3.05, 3.63) is 90.0 Å². The highest BCUT2D eigenvalue weighted by Crippen LogP contribution is 2.28. The van der Waals surface area contributed by atoms with Gasteiger partial charge in [-0.2, -0.15) is 0 Å². The molecule has 0 heterocycles. The molecule has 0 aromatic heterocycles. The zero-order valence-corrected chi connectivity index (χ0v) is 20.7. The summed E-state index contributed by atoms with van der Waals surface area (Å²) in [5.74, 6) is 1.32. The highest BCUT2D eigenvalue weighted by Gasteiger charge is 2.22. The van der Waals surface area contributed by atoms with Gasteiger partial charge in [-0.15, -0.1) is 0 Å². The van der Waals surface area contributed by atoms with Crippen LogP contribution in [0.3, 0.4) is 0 Å². The van der Waals surface area contributed by atoms with E-state index in [1.165, 1.54) is 6.92 Å². The summed E-state index contributed by atoms with van der Waals surface area (Å²) in [6.07, 6.45) is 0.947. The second-order valence-electron chi connectivity index (χ2n) is 8.32. The first-order chi connectivity index (χ1) is 17.0. The maximum absolute atomic E-state index is 13.4. The summed E-state index contributed by atoms with van der Waals surface area (Å²) in [6, 6.07) is 25.0. The van der Waals surface area contributed by atoms with Gasteiger partial charge >= 0.3 is 0 Å². The molecular weight excluding hydrogens is 440 g/mol. The van der Waals surface area contributed by atoms with Crippen LogP contribution in [0.25, 0.3) is 0 Å². The van der Waals surface area contributed by atoms with E-state index in [2.05, 4.69) is 5.32 Å². The number of anilines is 1. The number of carbonyl (C=O) groups is 2. The molecule has 6 heteroatoms. The first-order valence-electron chi connectivity index (χ1n) is 12.0. The van der Waals surface area contributed by atoms with Gasteiger partial charge in [0, 0.05) is 25.6 Å². The summed E-state index contributed by atoms with van der Waals surface area (Å²) >= 11 is 0. The molecule has 3 aromatic carbocycles. The van der Waals surface area contributed by atoms with Gasteiger partial charge in [0.1, 0.15) is 0 Å². The summed E-state index contributed by atoms with van der Waals surface area (Å²) in [5.41, 5.74) is 2.74. The Labute approximate surface area is 207 Å². The third kappa shape index (κ3) is 7.88. The number of nitrogens with one attached hydrogen (secondary N) is 1. The predicted molar refractivity (Wildman–Crippen MR) is 138 cm³/mol. The Kier molecular flexibility index (Phi) is 9.72. The molecule has 6 nitrogen and oxygen atoms in total. The minimum Gasteiger partial charge on any atom is -0.490 e. The Bertz CT molecular complexity index is 1100. The fraction of sp³-hybridized carbons (Fsp3) is 0.310. The molecular formula is C29H34N2O4. The largest absolute Gasteiger partial charge is 0.490 e. The number of rotatable bonds is 12. The van der Waals surface area contributed by atoms with Gasteiger partial charge in [-0.3, -0.25) is 9.59 Å². The predicted octanol–water partition coefficient (Wildman–Crippen LogP) is 5.99. The molecule has 0 bridgehead atoms. The molecule has 0 radical (unpaired) electrons. The number of nitrogens with zero attached hydrogens (tertiary/aromatic N) is 1. The van der Waals surface area contributed by atoms with Crippen molar-refractivity contribution in [2.45, 2.75) is 46.2 Å². The van der Waals surface area contributed by atoms with Crippen LogP contribution < -0.4 is 14.8 Å². The molecule has 0 fully saturated rings. The number of amides is 2. The van der Waals surface area contributed by atoms with Crippen molar-refractivity contribution in [2.24, 2.45) is 0 Å². The average molecular weight is 475 g/mol. The van der Waals surface area contributed by atoms with Crippen molar-refractivity contribution in [3.8, 4) is 11.5 Å². The zero-order valence-electron chi connectivity index (χ0n) is 20.7. The fourth-order valence-electron chi connectivity index (χ4n) is 3.87. The lowest BCUT2D eigenvalue weighted by molar-refractivity contribution is -0.134. The summed E-state index contributed by atoms with van der Waals surface area (Å²) in [4.78, 5) is 26.8. The molecule has 0 aliphatic heterocycles. The first-order valence-corrected chi connectivity index (χ1v) is 12.0. The van der Waals surface area contributed by atoms with Crippen LogP contribution in [-0.2, 0) is 16.1 Å². The summed E-state index contributed by atoms with van der Waals surface area (Å²) in [5, 5.41) is 2.82. The molecule has 0 saturated heterocycles. The van der Waals surface area contributed by atoms with Crippen molar-refractivity contribution in [1.82, 2.24) is 4.90 Å². The molecule has 184 valence electrons. The van der Waals surface area contributed by atoms with Crippen LogP contribution in [0.15, 0.2) is 78.9 Å². The zero-order chi connectivity index (χ0) is 25.0. The van der Waals surface area contributed by atoms with E-state index in [1.54, 1.807) is 0 Å². The van der Waals surface area contributed by atoms with Crippen LogP contribution in [-0.4, -0.2) is 29.9 Å². The molecule has 0 saturated carbocycles. The van der Waals surface area contributed by atoms with E-state index in [1.807, 2.05) is 97.6 Å². The second kappa shape index (κ2) is 13.2. The molecule has 1 atom stereocenters. The lowest BCUT2D eigenvalue weighted by Gasteiger charge is -2.30. The lowest BCUT2D eigenvalue weighted by Crippen LogP contribution is -2.33. The minimum absolute atomic E-state index is 0.0491. The summed E-state index contributed by atoms with van der Waals surface area (Å²) in [7, 11) is 0. The van der Waals surface area contributed by atoms with Crippen molar-refractivity contribution < 1.29 is 19.1 Å². The summed E-state index contributed by atoms with van der Waals surface area (Å²) < 4.78 is 11.5. The topological polar surface area (TPSA) is 67.9 Å². The van der Waals surface area contributed by atoms with Crippen LogP contribution >= 0.6 is 0 Å². The third-order valence-corrected chi connectivity index (χ3v) is 5.61. The van der Waals surface area contributed by atoms with E-state index >= 15 is 0 Å². The van der Waals surface area contributed by atoms with Gasteiger partial charge in [0.05, 0.1) is 19.3 Å². The van der Waals surface area contributed by atoms with Gasteiger partial charge < -0.3 is 19.7 Å². The highest BCUT2D eigenvalue weighted by atomic mass is 16.5. The fourth-order valence-corrected chi connectivity index (χ4v) is 3.87. The summed E-state index contributed by atoms with van der Waals surface area (Å²) in [6.45, 7) is 6.91. The van der Waals surface area contributed by atoms with Crippen LogP contribution in [0.4, 0.5) is 5.69 Å². The first kappa shape index (κ1) is 25.8. The number of hydrogen-bond donors (Lipinski definition) is 1. The van der Waals surface area contributed by atoms with E-state index in [0.717, 1.165) is 16.8 Å². The Hall–Kier alpha value is -3.80. The van der Waals surface area contributed by atoms with Crippen molar-refractivity contribution >= 4 is 17.5 Å². The van der Waals surface area contributed by atoms with Crippen LogP contribution in [0, 0.1) is 0 Å². The monoisotopic (exact) mass is 474 g/mol. The van der Waals surface area contributed by atoms with Crippen molar-refractivity contribution in [2.75, 3.05) is 18.5 Å². The van der Waals surface area contributed by atoms with Gasteiger partial charge in [0.25, 0.3) is 0 Å². The molecule has 0 unspecified atom stereocenters. The Balaban J connectivity index is 1.68. The molecule has 35 heavy (non-hydrogen) atoms. The average Bonchev–Trinajstić information content (AvgIpc) is 2.86. The van der Waals surface area contributed by atoms with Crippen molar-refractivity contribution in [3.63, 3.8) is 0 Å². The standard InChI is InChI=1S/C29H34N2O4/c1-4-34-27-16-8-9-17-28(27)35-19-11-18-29(33)31(21-24-12-6-5-7-13-24)22(2)25-14-10-15-26(20-25)30-23(3)32/h5-10,12-17,20,22H,4,11,18-19,21H2,1-3H3,(H,30,32)/t22-/m1/s1. The second-order valence-corrected chi connectivity index (χ2v) is 8.32. The molecule has 0 spiro atoms. The van der Waals surface area contributed by atoms with E-state index in [4.69, 9.17) is 9.47 Å². The van der Waals surface area contributed by atoms with E-state index in [-0.39, 0.29) is 17.9 Å². The normalized spacial score (nSPS) is 11.4. The SMILES string of the molecule is CCOc1ccccc1OCCCC(=O)N(Cc1ccccc1)[C@H](C)c1cccc(NC(C)=O)c1. The maximum Gasteiger partial charge on any atom is 0.223 e. The molecule has 3 rings (SSSR count). The molecule has 0 aliphatic carbocycles. The van der Waals surface area contributed by atoms with E-state index in [0.29, 0.717) is 44.1 Å². The Morgan fingerprint density at radius 1 is 0.914 bits per heavy atom. The quantitative estimate of drug-likeness (QED) is 0.327.